The normalized spacial score (nSPS) is 14.7. The lowest BCUT2D eigenvalue weighted by Gasteiger charge is -2.29. The minimum atomic E-state index is -3.82. The molecule has 1 aliphatic heterocycles. The van der Waals surface area contributed by atoms with Crippen molar-refractivity contribution in [3.05, 3.63) is 52.6 Å². The fraction of sp³-hybridized carbons (Fsp3) is 0.389. The van der Waals surface area contributed by atoms with E-state index in [2.05, 4.69) is 4.72 Å². The van der Waals surface area contributed by atoms with Gasteiger partial charge in [0, 0.05) is 32.4 Å². The predicted molar refractivity (Wildman–Crippen MR) is 101 cm³/mol. The third kappa shape index (κ3) is 4.34. The number of carbonyl (C=O) groups excluding carboxylic acids is 1. The molecule has 2 heterocycles. The van der Waals surface area contributed by atoms with Crippen LogP contribution in [0.25, 0.3) is 0 Å². The standard InChI is InChI=1S/C18H21ClFN3O3S/c1-12(2)10-23-6-5-22-11-14(8-17(22)18(23)24)27(25,26)21-9-13-3-4-16(20)15(19)7-13/h3-4,7-8,11-12,21H,5-6,9-10H2,1-2H3. The van der Waals surface area contributed by atoms with E-state index in [1.807, 2.05) is 13.8 Å². The lowest BCUT2D eigenvalue weighted by Crippen LogP contribution is -2.41. The number of halogens is 2. The van der Waals surface area contributed by atoms with Crippen molar-refractivity contribution >= 4 is 27.5 Å². The van der Waals surface area contributed by atoms with Gasteiger partial charge < -0.3 is 9.47 Å². The highest BCUT2D eigenvalue weighted by Gasteiger charge is 2.28. The van der Waals surface area contributed by atoms with Crippen LogP contribution >= 0.6 is 11.6 Å². The molecule has 9 heteroatoms. The van der Waals surface area contributed by atoms with Crippen LogP contribution in [0.2, 0.25) is 5.02 Å². The molecule has 1 N–H and O–H groups in total. The predicted octanol–water partition coefficient (Wildman–Crippen LogP) is 2.87. The first-order valence-electron chi connectivity index (χ1n) is 8.60. The Kier molecular flexibility index (Phi) is 5.60. The summed E-state index contributed by atoms with van der Waals surface area (Å²) in [6.45, 7) is 5.77. The van der Waals surface area contributed by atoms with E-state index >= 15 is 0 Å². The molecule has 0 bridgehead atoms. The monoisotopic (exact) mass is 413 g/mol. The zero-order valence-electron chi connectivity index (χ0n) is 15.1. The van der Waals surface area contributed by atoms with Gasteiger partial charge in [-0.3, -0.25) is 4.79 Å². The minimum absolute atomic E-state index is 0.0315. The Hall–Kier alpha value is -1.90. The van der Waals surface area contributed by atoms with Gasteiger partial charge in [0.2, 0.25) is 10.0 Å². The lowest BCUT2D eigenvalue weighted by atomic mass is 10.2. The Morgan fingerprint density at radius 1 is 1.26 bits per heavy atom. The zero-order chi connectivity index (χ0) is 19.8. The molecule has 2 aromatic rings. The van der Waals surface area contributed by atoms with Crippen LogP contribution in [-0.2, 0) is 23.1 Å². The first-order valence-corrected chi connectivity index (χ1v) is 10.5. The van der Waals surface area contributed by atoms with E-state index in [4.69, 9.17) is 11.6 Å². The molecule has 6 nitrogen and oxygen atoms in total. The zero-order valence-corrected chi connectivity index (χ0v) is 16.6. The van der Waals surface area contributed by atoms with Crippen molar-refractivity contribution in [3.8, 4) is 0 Å². The molecular formula is C18H21ClFN3O3S. The van der Waals surface area contributed by atoms with Gasteiger partial charge in [0.15, 0.2) is 0 Å². The molecule has 1 aromatic carbocycles. The molecule has 0 spiro atoms. The van der Waals surface area contributed by atoms with Gasteiger partial charge in [-0.2, -0.15) is 0 Å². The van der Waals surface area contributed by atoms with Gasteiger partial charge in [-0.05, 0) is 29.7 Å². The smallest absolute Gasteiger partial charge is 0.270 e. The van der Waals surface area contributed by atoms with E-state index in [9.17, 15) is 17.6 Å². The number of benzene rings is 1. The third-order valence-corrected chi connectivity index (χ3v) is 5.99. The van der Waals surface area contributed by atoms with Crippen LogP contribution in [0.3, 0.4) is 0 Å². The van der Waals surface area contributed by atoms with Gasteiger partial charge in [0.1, 0.15) is 16.4 Å². The fourth-order valence-electron chi connectivity index (χ4n) is 3.01. The Bertz CT molecular complexity index is 972. The highest BCUT2D eigenvalue weighted by atomic mass is 35.5. The summed E-state index contributed by atoms with van der Waals surface area (Å²) < 4.78 is 42.5. The Balaban J connectivity index is 1.76. The number of rotatable bonds is 6. The molecule has 1 amide bonds. The van der Waals surface area contributed by atoms with Gasteiger partial charge in [-0.15, -0.1) is 0 Å². The number of hydrogen-bond acceptors (Lipinski definition) is 3. The Labute approximate surface area is 163 Å². The highest BCUT2D eigenvalue weighted by Crippen LogP contribution is 2.21. The summed E-state index contributed by atoms with van der Waals surface area (Å²) in [5.74, 6) is -0.391. The van der Waals surface area contributed by atoms with Crippen molar-refractivity contribution in [3.63, 3.8) is 0 Å². The Morgan fingerprint density at radius 2 is 2.00 bits per heavy atom. The average molecular weight is 414 g/mol. The number of aromatic nitrogens is 1. The number of amides is 1. The van der Waals surface area contributed by atoms with Crippen LogP contribution in [0, 0.1) is 11.7 Å². The molecule has 0 saturated heterocycles. The summed E-state index contributed by atoms with van der Waals surface area (Å²) in [5.41, 5.74) is 0.903. The van der Waals surface area contributed by atoms with Crippen LogP contribution in [0.5, 0.6) is 0 Å². The largest absolute Gasteiger partial charge is 0.340 e. The van der Waals surface area contributed by atoms with Gasteiger partial charge in [0.05, 0.1) is 5.02 Å². The van der Waals surface area contributed by atoms with Crippen molar-refractivity contribution in [2.45, 2.75) is 31.8 Å². The van der Waals surface area contributed by atoms with Crippen LogP contribution in [0.1, 0.15) is 29.9 Å². The molecule has 0 atom stereocenters. The number of fused-ring (bicyclic) bond motifs is 1. The third-order valence-electron chi connectivity index (χ3n) is 4.33. The lowest BCUT2D eigenvalue weighted by molar-refractivity contribution is 0.0683. The number of nitrogens with zero attached hydrogens (tertiary/aromatic N) is 2. The maximum atomic E-state index is 13.2. The molecule has 0 saturated carbocycles. The molecule has 27 heavy (non-hydrogen) atoms. The maximum Gasteiger partial charge on any atom is 0.270 e. The first-order chi connectivity index (χ1) is 12.7. The van der Waals surface area contributed by atoms with Crippen molar-refractivity contribution in [1.82, 2.24) is 14.2 Å². The minimum Gasteiger partial charge on any atom is -0.340 e. The molecule has 0 aliphatic carbocycles. The van der Waals surface area contributed by atoms with Crippen LogP contribution in [-0.4, -0.2) is 36.9 Å². The van der Waals surface area contributed by atoms with Crippen LogP contribution in [0.4, 0.5) is 4.39 Å². The summed E-state index contributed by atoms with van der Waals surface area (Å²) in [6.07, 6.45) is 1.47. The summed E-state index contributed by atoms with van der Waals surface area (Å²) in [7, 11) is -3.82. The van der Waals surface area contributed by atoms with Gasteiger partial charge in [-0.25, -0.2) is 17.5 Å². The number of carbonyl (C=O) groups is 1. The Morgan fingerprint density at radius 3 is 2.67 bits per heavy atom. The molecule has 0 fully saturated rings. The van der Waals surface area contributed by atoms with E-state index in [0.717, 1.165) is 0 Å². The first kappa shape index (κ1) is 19.9. The highest BCUT2D eigenvalue weighted by molar-refractivity contribution is 7.89. The molecule has 0 unspecified atom stereocenters. The summed E-state index contributed by atoms with van der Waals surface area (Å²) >= 11 is 5.72. The summed E-state index contributed by atoms with van der Waals surface area (Å²) in [4.78, 5) is 14.4. The molecule has 3 rings (SSSR count). The van der Waals surface area contributed by atoms with Gasteiger partial charge >= 0.3 is 0 Å². The topological polar surface area (TPSA) is 71.4 Å². The maximum absolute atomic E-state index is 13.2. The molecule has 146 valence electrons. The number of nitrogens with one attached hydrogen (secondary N) is 1. The molecular weight excluding hydrogens is 393 g/mol. The summed E-state index contributed by atoms with van der Waals surface area (Å²) in [6, 6.07) is 5.42. The second-order valence-corrected chi connectivity index (χ2v) is 9.15. The van der Waals surface area contributed by atoms with Crippen molar-refractivity contribution in [2.75, 3.05) is 13.1 Å². The second kappa shape index (κ2) is 7.61. The quantitative estimate of drug-likeness (QED) is 0.791. The van der Waals surface area contributed by atoms with Crippen molar-refractivity contribution in [1.29, 1.82) is 0 Å². The van der Waals surface area contributed by atoms with E-state index < -0.39 is 15.8 Å². The fourth-order valence-corrected chi connectivity index (χ4v) is 4.27. The average Bonchev–Trinajstić information content (AvgIpc) is 3.04. The number of sulfonamides is 1. The number of hydrogen-bond donors (Lipinski definition) is 1. The van der Waals surface area contributed by atoms with E-state index in [0.29, 0.717) is 36.8 Å². The second-order valence-electron chi connectivity index (χ2n) is 6.97. The summed E-state index contributed by atoms with van der Waals surface area (Å²) in [5, 5.41) is -0.0677. The SMILES string of the molecule is CC(C)CN1CCn2cc(S(=O)(=O)NCc3ccc(F)c(Cl)c3)cc2C1=O. The van der Waals surface area contributed by atoms with Gasteiger partial charge in [-0.1, -0.05) is 31.5 Å². The molecule has 0 radical (unpaired) electrons. The van der Waals surface area contributed by atoms with Crippen molar-refractivity contribution in [2.24, 2.45) is 5.92 Å². The van der Waals surface area contributed by atoms with Crippen molar-refractivity contribution < 1.29 is 17.6 Å². The molecule has 1 aromatic heterocycles. The van der Waals surface area contributed by atoms with Crippen LogP contribution < -0.4 is 4.72 Å². The van der Waals surface area contributed by atoms with Crippen LogP contribution in [0.15, 0.2) is 35.4 Å². The van der Waals surface area contributed by atoms with E-state index in [1.54, 1.807) is 9.47 Å². The van der Waals surface area contributed by atoms with Gasteiger partial charge in [0.25, 0.3) is 5.91 Å². The van der Waals surface area contributed by atoms with E-state index in [-0.39, 0.29) is 22.4 Å². The molecule has 1 aliphatic rings. The van der Waals surface area contributed by atoms with E-state index in [1.165, 1.54) is 30.5 Å².